The van der Waals surface area contributed by atoms with Crippen LogP contribution in [0.1, 0.15) is 11.4 Å². The van der Waals surface area contributed by atoms with Gasteiger partial charge in [-0.25, -0.2) is 4.98 Å². The van der Waals surface area contributed by atoms with E-state index in [0.29, 0.717) is 22.9 Å². The maximum Gasteiger partial charge on any atom is 0.247 e. The van der Waals surface area contributed by atoms with Crippen LogP contribution in [0, 0.1) is 18.3 Å². The number of pyridine rings is 1. The topological polar surface area (TPSA) is 93.1 Å². The summed E-state index contributed by atoms with van der Waals surface area (Å²) in [5.41, 5.74) is 1.98. The van der Waals surface area contributed by atoms with Gasteiger partial charge in [-0.15, -0.1) is 5.10 Å². The number of benzene rings is 1. The van der Waals surface area contributed by atoms with Gasteiger partial charge in [0.2, 0.25) is 11.6 Å². The van der Waals surface area contributed by atoms with Crippen LogP contribution < -0.4 is 10.1 Å². The van der Waals surface area contributed by atoms with Gasteiger partial charge >= 0.3 is 0 Å². The molecule has 128 valence electrons. The van der Waals surface area contributed by atoms with Gasteiger partial charge in [-0.05, 0) is 43.3 Å². The molecule has 1 aromatic carbocycles. The summed E-state index contributed by atoms with van der Waals surface area (Å²) >= 11 is 0. The molecule has 3 aromatic heterocycles. The lowest BCUT2D eigenvalue weighted by Gasteiger charge is -2.08. The van der Waals surface area contributed by atoms with Crippen molar-refractivity contribution in [3.05, 3.63) is 60.2 Å². The molecule has 0 unspecified atom stereocenters. The van der Waals surface area contributed by atoms with Crippen molar-refractivity contribution in [3.8, 4) is 17.6 Å². The van der Waals surface area contributed by atoms with Gasteiger partial charge in [0.15, 0.2) is 5.75 Å². The highest BCUT2D eigenvalue weighted by atomic mass is 16.5. The standard InChI is InChI=1S/C18H15N7O/c1-12-20-9-10-24(12)16-8-7-15(26-2)17-22-18(23-25(16)17)21-14-5-3-13(11-19)4-6-14/h3-10H,1-2H3,(H,21,23). The fraction of sp³-hybridized carbons (Fsp3) is 0.111. The molecule has 8 nitrogen and oxygen atoms in total. The normalized spacial score (nSPS) is 10.7. The van der Waals surface area contributed by atoms with Gasteiger partial charge in [0, 0.05) is 18.1 Å². The van der Waals surface area contributed by atoms with Crippen LogP contribution in [-0.2, 0) is 0 Å². The Morgan fingerprint density at radius 2 is 1.96 bits per heavy atom. The van der Waals surface area contributed by atoms with Crippen LogP contribution in [-0.4, -0.2) is 31.3 Å². The molecule has 0 amide bonds. The molecule has 1 N–H and O–H groups in total. The van der Waals surface area contributed by atoms with E-state index in [1.54, 1.807) is 30.0 Å². The Morgan fingerprint density at radius 3 is 2.62 bits per heavy atom. The van der Waals surface area contributed by atoms with Crippen molar-refractivity contribution in [2.45, 2.75) is 6.92 Å². The van der Waals surface area contributed by atoms with Crippen LogP contribution in [0.4, 0.5) is 11.6 Å². The molecule has 0 saturated heterocycles. The molecule has 0 aliphatic carbocycles. The number of anilines is 2. The molecule has 8 heteroatoms. The fourth-order valence-electron chi connectivity index (χ4n) is 2.70. The van der Waals surface area contributed by atoms with Crippen molar-refractivity contribution < 1.29 is 4.74 Å². The van der Waals surface area contributed by atoms with Gasteiger partial charge in [0.05, 0.1) is 18.7 Å². The van der Waals surface area contributed by atoms with Gasteiger partial charge in [-0.3, -0.25) is 4.57 Å². The van der Waals surface area contributed by atoms with Crippen LogP contribution in [0.5, 0.6) is 5.75 Å². The van der Waals surface area contributed by atoms with Crippen LogP contribution in [0.25, 0.3) is 11.5 Å². The summed E-state index contributed by atoms with van der Waals surface area (Å²) in [7, 11) is 1.60. The maximum atomic E-state index is 8.89. The van der Waals surface area contributed by atoms with Gasteiger partial charge in [-0.1, -0.05) is 0 Å². The van der Waals surface area contributed by atoms with E-state index in [-0.39, 0.29) is 0 Å². The molecule has 0 aliphatic rings. The molecule has 0 radical (unpaired) electrons. The third kappa shape index (κ3) is 2.61. The largest absolute Gasteiger partial charge is 0.493 e. The quantitative estimate of drug-likeness (QED) is 0.611. The monoisotopic (exact) mass is 345 g/mol. The molecule has 0 aliphatic heterocycles. The number of aromatic nitrogens is 5. The predicted octanol–water partition coefficient (Wildman–Crippen LogP) is 2.85. The Morgan fingerprint density at radius 1 is 1.15 bits per heavy atom. The number of imidazole rings is 1. The number of fused-ring (bicyclic) bond motifs is 1. The minimum absolute atomic E-state index is 0.429. The van der Waals surface area contributed by atoms with Crippen molar-refractivity contribution >= 4 is 17.3 Å². The third-order valence-corrected chi connectivity index (χ3v) is 3.99. The molecular formula is C18H15N7O. The van der Waals surface area contributed by atoms with Gasteiger partial charge in [0.1, 0.15) is 11.6 Å². The maximum absolute atomic E-state index is 8.89. The summed E-state index contributed by atoms with van der Waals surface area (Å²) in [4.78, 5) is 8.80. The number of methoxy groups -OCH3 is 1. The van der Waals surface area contributed by atoms with E-state index >= 15 is 0 Å². The second kappa shape index (κ2) is 6.22. The first-order valence-corrected chi connectivity index (χ1v) is 7.91. The number of nitrogens with one attached hydrogen (secondary N) is 1. The Kier molecular flexibility index (Phi) is 3.74. The Bertz CT molecular complexity index is 1120. The number of nitriles is 1. The summed E-state index contributed by atoms with van der Waals surface area (Å²) in [5, 5.41) is 16.6. The van der Waals surface area contributed by atoms with Crippen LogP contribution in [0.3, 0.4) is 0 Å². The summed E-state index contributed by atoms with van der Waals surface area (Å²) < 4.78 is 9.04. The number of nitrogens with zero attached hydrogens (tertiary/aromatic N) is 6. The summed E-state index contributed by atoms with van der Waals surface area (Å²) in [6.45, 7) is 1.92. The van der Waals surface area contributed by atoms with Gasteiger partial charge in [-0.2, -0.15) is 14.8 Å². The van der Waals surface area contributed by atoms with E-state index in [2.05, 4.69) is 26.5 Å². The summed E-state index contributed by atoms with van der Waals surface area (Å²) in [6, 6.07) is 12.9. The van der Waals surface area contributed by atoms with Crippen LogP contribution in [0.15, 0.2) is 48.8 Å². The van der Waals surface area contributed by atoms with Crippen molar-refractivity contribution in [2.75, 3.05) is 12.4 Å². The predicted molar refractivity (Wildman–Crippen MR) is 95.8 cm³/mol. The number of aryl methyl sites for hydroxylation is 1. The highest BCUT2D eigenvalue weighted by Gasteiger charge is 2.14. The number of ether oxygens (including phenoxy) is 1. The Balaban J connectivity index is 1.79. The van der Waals surface area contributed by atoms with E-state index in [1.165, 1.54) is 0 Å². The van der Waals surface area contributed by atoms with Crippen molar-refractivity contribution in [2.24, 2.45) is 0 Å². The van der Waals surface area contributed by atoms with Crippen LogP contribution >= 0.6 is 0 Å². The molecule has 0 bridgehead atoms. The fourth-order valence-corrected chi connectivity index (χ4v) is 2.70. The number of hydrogen-bond donors (Lipinski definition) is 1. The van der Waals surface area contributed by atoms with Crippen molar-refractivity contribution in [1.29, 1.82) is 5.26 Å². The summed E-state index contributed by atoms with van der Waals surface area (Å²) in [5.74, 6) is 2.69. The molecule has 0 spiro atoms. The second-order valence-electron chi connectivity index (χ2n) is 5.59. The zero-order valence-electron chi connectivity index (χ0n) is 14.2. The molecule has 26 heavy (non-hydrogen) atoms. The molecule has 0 fully saturated rings. The highest BCUT2D eigenvalue weighted by Crippen LogP contribution is 2.24. The third-order valence-electron chi connectivity index (χ3n) is 3.99. The second-order valence-corrected chi connectivity index (χ2v) is 5.59. The van der Waals surface area contributed by atoms with E-state index in [0.717, 1.165) is 17.3 Å². The lowest BCUT2D eigenvalue weighted by Crippen LogP contribution is -2.05. The van der Waals surface area contributed by atoms with Crippen LogP contribution in [0.2, 0.25) is 0 Å². The van der Waals surface area contributed by atoms with E-state index < -0.39 is 0 Å². The SMILES string of the molecule is COc1ccc(-n2ccnc2C)n2nc(Nc3ccc(C#N)cc3)nc12. The first kappa shape index (κ1) is 15.7. The Labute approximate surface area is 149 Å². The zero-order chi connectivity index (χ0) is 18.1. The lowest BCUT2D eigenvalue weighted by atomic mass is 10.2. The molecule has 0 saturated carbocycles. The molecular weight excluding hydrogens is 330 g/mol. The molecule has 4 aromatic rings. The minimum atomic E-state index is 0.429. The first-order chi connectivity index (χ1) is 12.7. The zero-order valence-corrected chi connectivity index (χ0v) is 14.2. The molecule has 3 heterocycles. The lowest BCUT2D eigenvalue weighted by molar-refractivity contribution is 0.416. The van der Waals surface area contributed by atoms with Crippen molar-refractivity contribution in [3.63, 3.8) is 0 Å². The average molecular weight is 345 g/mol. The van der Waals surface area contributed by atoms with Gasteiger partial charge < -0.3 is 10.1 Å². The van der Waals surface area contributed by atoms with E-state index in [4.69, 9.17) is 10.00 Å². The first-order valence-electron chi connectivity index (χ1n) is 7.91. The average Bonchev–Trinajstić information content (AvgIpc) is 3.27. The van der Waals surface area contributed by atoms with Crippen molar-refractivity contribution in [1.82, 2.24) is 24.1 Å². The molecule has 0 atom stereocenters. The molecule has 4 rings (SSSR count). The number of hydrogen-bond acceptors (Lipinski definition) is 6. The Hall–Kier alpha value is -3.86. The van der Waals surface area contributed by atoms with E-state index in [9.17, 15) is 0 Å². The summed E-state index contributed by atoms with van der Waals surface area (Å²) in [6.07, 6.45) is 3.60. The van der Waals surface area contributed by atoms with E-state index in [1.807, 2.05) is 42.0 Å². The highest BCUT2D eigenvalue weighted by molar-refractivity contribution is 5.62. The smallest absolute Gasteiger partial charge is 0.247 e. The van der Waals surface area contributed by atoms with Gasteiger partial charge in [0.25, 0.3) is 0 Å². The minimum Gasteiger partial charge on any atom is -0.493 e. The number of rotatable bonds is 4.